The minimum Gasteiger partial charge on any atom is -0.505 e. The third-order valence-corrected chi connectivity index (χ3v) is 1.99. The first-order chi connectivity index (χ1) is 6.07. The average Bonchev–Trinajstić information content (AvgIpc) is 2.13. The van der Waals surface area contributed by atoms with E-state index < -0.39 is 17.6 Å². The summed E-state index contributed by atoms with van der Waals surface area (Å²) in [6.07, 6.45) is 0. The Morgan fingerprint density at radius 3 is 2.57 bits per heavy atom. The molecule has 1 atom stereocenters. The topological polar surface area (TPSA) is 72.3 Å². The van der Waals surface area contributed by atoms with Crippen molar-refractivity contribution in [2.45, 2.75) is 13.0 Å². The maximum absolute atomic E-state index is 13.1. The second kappa shape index (κ2) is 5.14. The Bertz CT molecular complexity index is 320. The van der Waals surface area contributed by atoms with Gasteiger partial charge in [-0.15, -0.1) is 12.4 Å². The molecule has 5 heteroatoms. The van der Waals surface area contributed by atoms with Gasteiger partial charge in [0.15, 0.2) is 11.6 Å². The summed E-state index contributed by atoms with van der Waals surface area (Å²) >= 11 is 0. The Kier molecular flexibility index (Phi) is 4.83. The fraction of sp³-hybridized carbons (Fsp3) is 0.333. The lowest BCUT2D eigenvalue weighted by Crippen LogP contribution is -2.21. The molecule has 0 bridgehead atoms. The SMILES string of the molecule is Cc1ccc([C@H](N)CN)c(O)c1F.Cl. The molecule has 0 unspecified atom stereocenters. The highest BCUT2D eigenvalue weighted by Crippen LogP contribution is 2.27. The zero-order valence-corrected chi connectivity index (χ0v) is 8.64. The summed E-state index contributed by atoms with van der Waals surface area (Å²) in [5.74, 6) is -1.01. The number of nitrogens with two attached hydrogens (primary N) is 2. The van der Waals surface area contributed by atoms with Gasteiger partial charge < -0.3 is 16.6 Å². The smallest absolute Gasteiger partial charge is 0.168 e. The molecule has 1 aromatic rings. The molecule has 0 aliphatic carbocycles. The molecule has 0 radical (unpaired) electrons. The molecule has 1 rings (SSSR count). The number of aryl methyl sites for hydroxylation is 1. The molecule has 3 nitrogen and oxygen atoms in total. The zero-order chi connectivity index (χ0) is 10.0. The van der Waals surface area contributed by atoms with Crippen LogP contribution in [0.15, 0.2) is 12.1 Å². The Morgan fingerprint density at radius 2 is 2.07 bits per heavy atom. The van der Waals surface area contributed by atoms with Gasteiger partial charge in [-0.2, -0.15) is 0 Å². The van der Waals surface area contributed by atoms with Crippen molar-refractivity contribution in [2.24, 2.45) is 11.5 Å². The molecule has 1 aromatic carbocycles. The van der Waals surface area contributed by atoms with Crippen molar-refractivity contribution in [3.63, 3.8) is 0 Å². The van der Waals surface area contributed by atoms with Crippen molar-refractivity contribution < 1.29 is 9.50 Å². The van der Waals surface area contributed by atoms with Crippen LogP contribution in [-0.4, -0.2) is 11.7 Å². The molecule has 0 saturated heterocycles. The molecular weight excluding hydrogens is 207 g/mol. The molecule has 0 aliphatic rings. The number of hydrogen-bond donors (Lipinski definition) is 3. The monoisotopic (exact) mass is 220 g/mol. The van der Waals surface area contributed by atoms with E-state index in [0.29, 0.717) is 11.1 Å². The van der Waals surface area contributed by atoms with Crippen LogP contribution in [0.2, 0.25) is 0 Å². The van der Waals surface area contributed by atoms with E-state index in [4.69, 9.17) is 11.5 Å². The average molecular weight is 221 g/mol. The third-order valence-electron chi connectivity index (χ3n) is 1.99. The third kappa shape index (κ3) is 2.35. The van der Waals surface area contributed by atoms with Crippen LogP contribution in [0.25, 0.3) is 0 Å². The summed E-state index contributed by atoms with van der Waals surface area (Å²) in [6, 6.07) is 2.64. The van der Waals surface area contributed by atoms with Gasteiger partial charge >= 0.3 is 0 Å². The fourth-order valence-corrected chi connectivity index (χ4v) is 1.11. The normalized spacial score (nSPS) is 12.0. The Labute approximate surface area is 88.3 Å². The highest BCUT2D eigenvalue weighted by molar-refractivity contribution is 5.85. The summed E-state index contributed by atoms with van der Waals surface area (Å²) in [5, 5.41) is 9.37. The number of hydrogen-bond acceptors (Lipinski definition) is 3. The van der Waals surface area contributed by atoms with E-state index in [1.807, 2.05) is 0 Å². The number of rotatable bonds is 2. The number of aromatic hydroxyl groups is 1. The molecule has 14 heavy (non-hydrogen) atoms. The number of benzene rings is 1. The van der Waals surface area contributed by atoms with E-state index in [1.165, 1.54) is 0 Å². The van der Waals surface area contributed by atoms with Crippen LogP contribution in [0.4, 0.5) is 4.39 Å². The number of phenolic OH excluding ortho intramolecular Hbond substituents is 1. The van der Waals surface area contributed by atoms with E-state index in [2.05, 4.69) is 0 Å². The van der Waals surface area contributed by atoms with Crippen LogP contribution in [0, 0.1) is 12.7 Å². The van der Waals surface area contributed by atoms with E-state index in [9.17, 15) is 9.50 Å². The van der Waals surface area contributed by atoms with Gasteiger partial charge in [-0.05, 0) is 12.5 Å². The van der Waals surface area contributed by atoms with Crippen molar-refractivity contribution in [3.8, 4) is 5.75 Å². The predicted molar refractivity (Wildman–Crippen MR) is 56.0 cm³/mol. The maximum atomic E-state index is 13.1. The Morgan fingerprint density at radius 1 is 1.50 bits per heavy atom. The van der Waals surface area contributed by atoms with Crippen LogP contribution >= 0.6 is 12.4 Å². The van der Waals surface area contributed by atoms with Crippen molar-refractivity contribution in [1.82, 2.24) is 0 Å². The Balaban J connectivity index is 0.00000169. The van der Waals surface area contributed by atoms with Gasteiger partial charge in [0.2, 0.25) is 0 Å². The second-order valence-corrected chi connectivity index (χ2v) is 2.98. The van der Waals surface area contributed by atoms with E-state index >= 15 is 0 Å². The molecule has 0 heterocycles. The maximum Gasteiger partial charge on any atom is 0.168 e. The molecule has 0 saturated carbocycles. The second-order valence-electron chi connectivity index (χ2n) is 2.98. The van der Waals surface area contributed by atoms with Crippen LogP contribution in [0.5, 0.6) is 5.75 Å². The minimum absolute atomic E-state index is 0. The summed E-state index contributed by atoms with van der Waals surface area (Å²) in [4.78, 5) is 0. The summed E-state index contributed by atoms with van der Waals surface area (Å²) < 4.78 is 13.1. The standard InChI is InChI=1S/C9H13FN2O.ClH/c1-5-2-3-6(7(12)4-11)9(13)8(5)10;/h2-3,7,13H,4,11-12H2,1H3;1H/t7-;/m1./s1. The summed E-state index contributed by atoms with van der Waals surface area (Å²) in [6.45, 7) is 1.75. The molecular formula is C9H14ClFN2O. The molecule has 80 valence electrons. The van der Waals surface area contributed by atoms with Gasteiger partial charge in [0.1, 0.15) is 0 Å². The lowest BCUT2D eigenvalue weighted by Gasteiger charge is -2.12. The lowest BCUT2D eigenvalue weighted by molar-refractivity contribution is 0.419. The quantitative estimate of drug-likeness (QED) is 0.702. The lowest BCUT2D eigenvalue weighted by atomic mass is 10.0. The van der Waals surface area contributed by atoms with Crippen LogP contribution in [0.3, 0.4) is 0 Å². The van der Waals surface area contributed by atoms with Crippen LogP contribution < -0.4 is 11.5 Å². The first-order valence-corrected chi connectivity index (χ1v) is 4.01. The first-order valence-electron chi connectivity index (χ1n) is 4.01. The summed E-state index contributed by atoms with van der Waals surface area (Å²) in [5.41, 5.74) is 11.6. The Hall–Kier alpha value is -0.840. The van der Waals surface area contributed by atoms with Crippen LogP contribution in [0.1, 0.15) is 17.2 Å². The molecule has 5 N–H and O–H groups in total. The molecule has 0 aliphatic heterocycles. The van der Waals surface area contributed by atoms with Crippen molar-refractivity contribution >= 4 is 12.4 Å². The molecule has 0 spiro atoms. The van der Waals surface area contributed by atoms with Gasteiger partial charge in [0, 0.05) is 18.2 Å². The fourth-order valence-electron chi connectivity index (χ4n) is 1.11. The van der Waals surface area contributed by atoms with E-state index in [-0.39, 0.29) is 19.0 Å². The largest absolute Gasteiger partial charge is 0.505 e. The number of phenols is 1. The molecule has 0 amide bonds. The van der Waals surface area contributed by atoms with E-state index in [0.717, 1.165) is 0 Å². The molecule has 0 fully saturated rings. The highest BCUT2D eigenvalue weighted by atomic mass is 35.5. The van der Waals surface area contributed by atoms with Gasteiger partial charge in [0.05, 0.1) is 0 Å². The first kappa shape index (κ1) is 13.2. The van der Waals surface area contributed by atoms with Crippen molar-refractivity contribution in [2.75, 3.05) is 6.54 Å². The van der Waals surface area contributed by atoms with Crippen LogP contribution in [-0.2, 0) is 0 Å². The zero-order valence-electron chi connectivity index (χ0n) is 7.83. The minimum atomic E-state index is -0.624. The molecule has 0 aromatic heterocycles. The van der Waals surface area contributed by atoms with Crippen molar-refractivity contribution in [3.05, 3.63) is 29.1 Å². The van der Waals surface area contributed by atoms with Gasteiger partial charge in [-0.25, -0.2) is 4.39 Å². The van der Waals surface area contributed by atoms with E-state index in [1.54, 1.807) is 19.1 Å². The van der Waals surface area contributed by atoms with Gasteiger partial charge in [-0.3, -0.25) is 0 Å². The van der Waals surface area contributed by atoms with Gasteiger partial charge in [-0.1, -0.05) is 12.1 Å². The van der Waals surface area contributed by atoms with Crippen molar-refractivity contribution in [1.29, 1.82) is 0 Å². The predicted octanol–water partition coefficient (Wildman–Crippen LogP) is 1.22. The number of halogens is 2. The highest BCUT2D eigenvalue weighted by Gasteiger charge is 2.14. The van der Waals surface area contributed by atoms with Gasteiger partial charge in [0.25, 0.3) is 0 Å². The summed E-state index contributed by atoms with van der Waals surface area (Å²) in [7, 11) is 0.